The topological polar surface area (TPSA) is 81.0 Å². The molecule has 1 heterocycles. The molecule has 0 unspecified atom stereocenters. The molecule has 0 spiro atoms. The molecule has 0 radical (unpaired) electrons. The molecule has 1 saturated carbocycles. The number of non-ortho nitro benzene ring substituents is 1. The Labute approximate surface area is 123 Å². The summed E-state index contributed by atoms with van der Waals surface area (Å²) in [4.78, 5) is 10.2. The lowest BCUT2D eigenvalue weighted by Gasteiger charge is -1.98. The number of hydrogen-bond donors (Lipinski definition) is 1. The third-order valence-electron chi connectivity index (χ3n) is 2.82. The highest BCUT2D eigenvalue weighted by atomic mass is 32.2. The number of thioether (sulfide) groups is 1. The minimum Gasteiger partial charge on any atom is -0.357 e. The molecule has 3 rings (SSSR count). The van der Waals surface area contributed by atoms with Crippen LogP contribution < -0.4 is 5.32 Å². The zero-order valence-electron chi connectivity index (χ0n) is 10.5. The van der Waals surface area contributed by atoms with Gasteiger partial charge in [0.25, 0.3) is 5.69 Å². The number of nitro groups is 1. The van der Waals surface area contributed by atoms with E-state index in [4.69, 9.17) is 0 Å². The van der Waals surface area contributed by atoms with Gasteiger partial charge in [-0.2, -0.15) is 0 Å². The minimum atomic E-state index is -0.391. The van der Waals surface area contributed by atoms with E-state index in [1.165, 1.54) is 25.0 Å². The summed E-state index contributed by atoms with van der Waals surface area (Å²) < 4.78 is 0.909. The van der Waals surface area contributed by atoms with Gasteiger partial charge in [-0.3, -0.25) is 10.1 Å². The van der Waals surface area contributed by atoms with E-state index in [0.717, 1.165) is 20.8 Å². The molecule has 2 aromatic rings. The molecule has 20 heavy (non-hydrogen) atoms. The maximum Gasteiger partial charge on any atom is 0.269 e. The summed E-state index contributed by atoms with van der Waals surface area (Å²) in [5.74, 6) is 0.732. The van der Waals surface area contributed by atoms with E-state index in [1.54, 1.807) is 35.2 Å². The second-order valence-corrected chi connectivity index (χ2v) is 6.70. The van der Waals surface area contributed by atoms with Crippen molar-refractivity contribution in [1.29, 1.82) is 0 Å². The summed E-state index contributed by atoms with van der Waals surface area (Å²) in [5, 5.41) is 23.0. The number of nitrogens with zero attached hydrogens (tertiary/aromatic N) is 3. The molecule has 1 aliphatic carbocycles. The van der Waals surface area contributed by atoms with Crippen molar-refractivity contribution in [3.63, 3.8) is 0 Å². The van der Waals surface area contributed by atoms with Crippen LogP contribution in [0.4, 0.5) is 10.8 Å². The van der Waals surface area contributed by atoms with Crippen LogP contribution in [-0.2, 0) is 5.75 Å². The van der Waals surface area contributed by atoms with E-state index in [0.29, 0.717) is 6.04 Å². The van der Waals surface area contributed by atoms with Crippen LogP contribution in [0.5, 0.6) is 0 Å². The highest BCUT2D eigenvalue weighted by Crippen LogP contribution is 2.31. The smallest absolute Gasteiger partial charge is 0.269 e. The van der Waals surface area contributed by atoms with Crippen LogP contribution in [-0.4, -0.2) is 21.2 Å². The third kappa shape index (κ3) is 3.45. The van der Waals surface area contributed by atoms with Crippen LogP contribution in [0.15, 0.2) is 28.6 Å². The van der Waals surface area contributed by atoms with E-state index in [1.807, 2.05) is 0 Å². The van der Waals surface area contributed by atoms with Gasteiger partial charge in [-0.25, -0.2) is 0 Å². The quantitative estimate of drug-likeness (QED) is 0.501. The van der Waals surface area contributed by atoms with Crippen molar-refractivity contribution in [3.05, 3.63) is 39.9 Å². The Kier molecular flexibility index (Phi) is 3.83. The fourth-order valence-corrected chi connectivity index (χ4v) is 3.37. The van der Waals surface area contributed by atoms with Crippen LogP contribution >= 0.6 is 23.1 Å². The molecule has 1 N–H and O–H groups in total. The Bertz CT molecular complexity index is 610. The predicted molar refractivity (Wildman–Crippen MR) is 79.2 cm³/mol. The van der Waals surface area contributed by atoms with Gasteiger partial charge < -0.3 is 5.32 Å². The van der Waals surface area contributed by atoms with Crippen molar-refractivity contribution in [2.45, 2.75) is 29.0 Å². The van der Waals surface area contributed by atoms with E-state index >= 15 is 0 Å². The molecule has 104 valence electrons. The monoisotopic (exact) mass is 308 g/mol. The van der Waals surface area contributed by atoms with Crippen LogP contribution in [0.3, 0.4) is 0 Å². The molecule has 1 aliphatic rings. The SMILES string of the molecule is O=[N+]([O-])c1ccc(CSc2nnc(NC3CC3)s2)cc1. The number of hydrogen-bond acceptors (Lipinski definition) is 7. The first-order valence-corrected chi connectivity index (χ1v) is 7.97. The molecule has 1 aromatic carbocycles. The lowest BCUT2D eigenvalue weighted by molar-refractivity contribution is -0.384. The molecule has 6 nitrogen and oxygen atoms in total. The Balaban J connectivity index is 1.55. The third-order valence-corrected chi connectivity index (χ3v) is 4.88. The number of anilines is 1. The van der Waals surface area contributed by atoms with Crippen molar-refractivity contribution in [2.75, 3.05) is 5.32 Å². The molecule has 1 fully saturated rings. The highest BCUT2D eigenvalue weighted by Gasteiger charge is 2.22. The summed E-state index contributed by atoms with van der Waals surface area (Å²) >= 11 is 3.14. The molecule has 0 atom stereocenters. The largest absolute Gasteiger partial charge is 0.357 e. The summed E-state index contributed by atoms with van der Waals surface area (Å²) in [6.07, 6.45) is 2.43. The fraction of sp³-hybridized carbons (Fsp3) is 0.333. The standard InChI is InChI=1S/C12H12N4O2S2/c17-16(18)10-5-1-8(2-6-10)7-19-12-15-14-11(20-12)13-9-3-4-9/h1-2,5-6,9H,3-4,7H2,(H,13,14). The van der Waals surface area contributed by atoms with Gasteiger partial charge in [0.15, 0.2) is 4.34 Å². The van der Waals surface area contributed by atoms with E-state index in [2.05, 4.69) is 15.5 Å². The van der Waals surface area contributed by atoms with Gasteiger partial charge in [-0.05, 0) is 18.4 Å². The maximum atomic E-state index is 10.6. The molecule has 1 aromatic heterocycles. The molecule has 0 aliphatic heterocycles. The van der Waals surface area contributed by atoms with E-state index < -0.39 is 4.92 Å². The Hall–Kier alpha value is -1.67. The van der Waals surface area contributed by atoms with Crippen molar-refractivity contribution in [2.24, 2.45) is 0 Å². The van der Waals surface area contributed by atoms with Crippen molar-refractivity contribution >= 4 is 33.9 Å². The summed E-state index contributed by atoms with van der Waals surface area (Å²) in [7, 11) is 0. The molecule has 0 bridgehead atoms. The van der Waals surface area contributed by atoms with Crippen molar-refractivity contribution in [1.82, 2.24) is 10.2 Å². The second-order valence-electron chi connectivity index (χ2n) is 4.50. The number of aromatic nitrogens is 2. The number of nitro benzene ring substituents is 1. The van der Waals surface area contributed by atoms with Gasteiger partial charge in [0.05, 0.1) is 4.92 Å². The second kappa shape index (κ2) is 5.76. The highest BCUT2D eigenvalue weighted by molar-refractivity contribution is 8.00. The lowest BCUT2D eigenvalue weighted by Crippen LogP contribution is -1.99. The number of benzene rings is 1. The van der Waals surface area contributed by atoms with Gasteiger partial charge in [0, 0.05) is 23.9 Å². The number of rotatable bonds is 6. The first-order chi connectivity index (χ1) is 9.70. The Morgan fingerprint density at radius 2 is 2.10 bits per heavy atom. The summed E-state index contributed by atoms with van der Waals surface area (Å²) in [6, 6.07) is 7.17. The fourth-order valence-electron chi connectivity index (χ4n) is 1.59. The molecule has 8 heteroatoms. The predicted octanol–water partition coefficient (Wildman–Crippen LogP) is 3.31. The van der Waals surface area contributed by atoms with Crippen LogP contribution in [0.2, 0.25) is 0 Å². The van der Waals surface area contributed by atoms with Gasteiger partial charge in [0.1, 0.15) is 0 Å². The first kappa shape index (κ1) is 13.3. The van der Waals surface area contributed by atoms with Gasteiger partial charge in [0.2, 0.25) is 5.13 Å². The molecule has 0 saturated heterocycles. The van der Waals surface area contributed by atoms with Crippen molar-refractivity contribution in [3.8, 4) is 0 Å². The number of nitrogens with one attached hydrogen (secondary N) is 1. The average Bonchev–Trinajstić information content (AvgIpc) is 3.14. The Morgan fingerprint density at radius 3 is 2.75 bits per heavy atom. The maximum absolute atomic E-state index is 10.6. The summed E-state index contributed by atoms with van der Waals surface area (Å²) in [6.45, 7) is 0. The zero-order valence-corrected chi connectivity index (χ0v) is 12.1. The van der Waals surface area contributed by atoms with Crippen LogP contribution in [0.1, 0.15) is 18.4 Å². The molecule has 0 amide bonds. The van der Waals surface area contributed by atoms with Crippen molar-refractivity contribution < 1.29 is 4.92 Å². The molecular weight excluding hydrogens is 296 g/mol. The van der Waals surface area contributed by atoms with Gasteiger partial charge in [-0.1, -0.05) is 35.2 Å². The average molecular weight is 308 g/mol. The lowest BCUT2D eigenvalue weighted by atomic mass is 10.2. The van der Waals surface area contributed by atoms with Crippen LogP contribution in [0, 0.1) is 10.1 Å². The molecular formula is C12H12N4O2S2. The minimum absolute atomic E-state index is 0.116. The first-order valence-electron chi connectivity index (χ1n) is 6.17. The normalized spacial score (nSPS) is 14.2. The van der Waals surface area contributed by atoms with E-state index in [9.17, 15) is 10.1 Å². The van der Waals surface area contributed by atoms with E-state index in [-0.39, 0.29) is 5.69 Å². The van der Waals surface area contributed by atoms with Gasteiger partial charge in [-0.15, -0.1) is 10.2 Å². The summed E-state index contributed by atoms with van der Waals surface area (Å²) in [5.41, 5.74) is 1.15. The van der Waals surface area contributed by atoms with Crippen LogP contribution in [0.25, 0.3) is 0 Å². The van der Waals surface area contributed by atoms with Gasteiger partial charge >= 0.3 is 0 Å². The zero-order chi connectivity index (χ0) is 13.9. The Morgan fingerprint density at radius 1 is 1.35 bits per heavy atom.